The Kier molecular flexibility index (Phi) is 4.49. The van der Waals surface area contributed by atoms with E-state index in [2.05, 4.69) is 6.58 Å². The number of carboxylic acids is 1. The number of rotatable bonds is 4. The lowest BCUT2D eigenvalue weighted by molar-refractivity contribution is -0.322. The van der Waals surface area contributed by atoms with Gasteiger partial charge < -0.3 is 24.1 Å². The van der Waals surface area contributed by atoms with Crippen LogP contribution in [0.3, 0.4) is 0 Å². The van der Waals surface area contributed by atoms with Crippen LogP contribution in [-0.4, -0.2) is 55.5 Å². The van der Waals surface area contributed by atoms with Gasteiger partial charge in [0.1, 0.15) is 19.0 Å². The van der Waals surface area contributed by atoms with Crippen LogP contribution in [0.25, 0.3) is 0 Å². The van der Waals surface area contributed by atoms with Crippen molar-refractivity contribution in [2.75, 3.05) is 13.9 Å². The monoisotopic (exact) mass is 286 g/mol. The van der Waals surface area contributed by atoms with Crippen LogP contribution in [0.2, 0.25) is 0 Å². The minimum absolute atomic E-state index is 0.0659. The summed E-state index contributed by atoms with van der Waals surface area (Å²) < 4.78 is 22.3. The van der Waals surface area contributed by atoms with Gasteiger partial charge in [-0.1, -0.05) is 19.9 Å². The van der Waals surface area contributed by atoms with Gasteiger partial charge in [-0.15, -0.1) is 6.58 Å². The number of carbonyl (C=O) groups is 1. The van der Waals surface area contributed by atoms with Crippen molar-refractivity contribution in [1.82, 2.24) is 0 Å². The Morgan fingerprint density at radius 2 is 2.15 bits per heavy atom. The number of carboxylic acid groups (broad SMARTS) is 1. The second-order valence-electron chi connectivity index (χ2n) is 5.77. The van der Waals surface area contributed by atoms with Crippen molar-refractivity contribution in [2.45, 2.75) is 50.8 Å². The van der Waals surface area contributed by atoms with Crippen LogP contribution in [0, 0.1) is 5.41 Å². The normalized spacial score (nSPS) is 39.9. The van der Waals surface area contributed by atoms with Crippen molar-refractivity contribution < 1.29 is 28.8 Å². The summed E-state index contributed by atoms with van der Waals surface area (Å²) in [6.07, 6.45) is -0.248. The highest BCUT2D eigenvalue weighted by molar-refractivity contribution is 5.73. The molecule has 0 saturated carbocycles. The van der Waals surface area contributed by atoms with Crippen molar-refractivity contribution in [2.24, 2.45) is 5.41 Å². The van der Waals surface area contributed by atoms with E-state index in [9.17, 15) is 9.90 Å². The minimum atomic E-state index is -1.05. The van der Waals surface area contributed by atoms with Gasteiger partial charge in [-0.05, 0) is 6.42 Å². The minimum Gasteiger partial charge on any atom is -0.479 e. The van der Waals surface area contributed by atoms with E-state index in [1.54, 1.807) is 13.2 Å². The summed E-state index contributed by atoms with van der Waals surface area (Å²) in [7, 11) is 1.61. The van der Waals surface area contributed by atoms with E-state index in [0.29, 0.717) is 6.42 Å². The zero-order valence-corrected chi connectivity index (χ0v) is 12.1. The average Bonchev–Trinajstić information content (AvgIpc) is 2.39. The third-order valence-corrected chi connectivity index (χ3v) is 4.19. The third kappa shape index (κ3) is 2.48. The lowest BCUT2D eigenvalue weighted by Gasteiger charge is -2.53. The Morgan fingerprint density at radius 3 is 2.70 bits per heavy atom. The Hall–Kier alpha value is -0.950. The molecule has 20 heavy (non-hydrogen) atoms. The van der Waals surface area contributed by atoms with Crippen molar-refractivity contribution in [3.63, 3.8) is 0 Å². The quantitative estimate of drug-likeness (QED) is 0.783. The van der Waals surface area contributed by atoms with E-state index in [0.717, 1.165) is 0 Å². The van der Waals surface area contributed by atoms with Gasteiger partial charge in [-0.25, -0.2) is 4.79 Å². The molecule has 0 aromatic rings. The van der Waals surface area contributed by atoms with Gasteiger partial charge in [-0.3, -0.25) is 0 Å². The molecular formula is C14H22O6. The standard InChI is InChI=1S/C14H22O6/c1-5-6-8-14(2,3)12(17-4)10-9(20-8)11(13(15)16)19-7-18-10/h5,8-12H,1,6-7H2,2-4H3,(H,15,16)/t8-,9+,10+,11+,12-/m1/s1. The molecule has 0 amide bonds. The van der Waals surface area contributed by atoms with Crippen molar-refractivity contribution in [1.29, 1.82) is 0 Å². The van der Waals surface area contributed by atoms with E-state index < -0.39 is 24.3 Å². The topological polar surface area (TPSA) is 74.2 Å². The Morgan fingerprint density at radius 1 is 1.45 bits per heavy atom. The summed E-state index contributed by atoms with van der Waals surface area (Å²) in [4.78, 5) is 11.3. The predicted molar refractivity (Wildman–Crippen MR) is 70.3 cm³/mol. The number of methoxy groups -OCH3 is 1. The van der Waals surface area contributed by atoms with Crippen LogP contribution >= 0.6 is 0 Å². The van der Waals surface area contributed by atoms with Gasteiger partial charge in [0.2, 0.25) is 0 Å². The van der Waals surface area contributed by atoms with Gasteiger partial charge in [-0.2, -0.15) is 0 Å². The van der Waals surface area contributed by atoms with E-state index >= 15 is 0 Å². The summed E-state index contributed by atoms with van der Waals surface area (Å²) in [6.45, 7) is 7.72. The second-order valence-corrected chi connectivity index (χ2v) is 5.77. The lowest BCUT2D eigenvalue weighted by Crippen LogP contribution is -2.66. The Balaban J connectivity index is 2.31. The highest BCUT2D eigenvalue weighted by atomic mass is 16.7. The first-order chi connectivity index (χ1) is 9.43. The van der Waals surface area contributed by atoms with Crippen LogP contribution in [-0.2, 0) is 23.7 Å². The second kappa shape index (κ2) is 5.81. The summed E-state index contributed by atoms with van der Waals surface area (Å²) >= 11 is 0. The fraction of sp³-hybridized carbons (Fsp3) is 0.786. The van der Waals surface area contributed by atoms with Gasteiger partial charge in [0.15, 0.2) is 6.10 Å². The zero-order valence-electron chi connectivity index (χ0n) is 12.1. The number of fused-ring (bicyclic) bond motifs is 1. The van der Waals surface area contributed by atoms with E-state index in [1.165, 1.54) is 0 Å². The molecule has 0 aromatic heterocycles. The molecule has 2 fully saturated rings. The predicted octanol–water partition coefficient (Wildman–Crippen LogP) is 1.20. The van der Waals surface area contributed by atoms with Gasteiger partial charge in [0.05, 0.1) is 12.2 Å². The first kappa shape index (κ1) is 15.4. The van der Waals surface area contributed by atoms with Crippen molar-refractivity contribution in [3.05, 3.63) is 12.7 Å². The third-order valence-electron chi connectivity index (χ3n) is 4.19. The number of hydrogen-bond acceptors (Lipinski definition) is 5. The maximum Gasteiger partial charge on any atom is 0.335 e. The SMILES string of the molecule is C=CC[C@H]1O[C@H]2[C@H](OCO[C@@H]2C(=O)O)[C@@H](OC)C1(C)C. The maximum absolute atomic E-state index is 11.3. The molecule has 0 unspecified atom stereocenters. The Labute approximate surface area is 118 Å². The van der Waals surface area contributed by atoms with Gasteiger partial charge in [0.25, 0.3) is 0 Å². The largest absolute Gasteiger partial charge is 0.479 e. The molecule has 2 aliphatic heterocycles. The molecule has 114 valence electrons. The molecule has 0 aromatic carbocycles. The number of aliphatic carboxylic acids is 1. The summed E-state index contributed by atoms with van der Waals surface area (Å²) in [5.41, 5.74) is -0.315. The maximum atomic E-state index is 11.3. The molecule has 2 rings (SSSR count). The molecule has 0 aliphatic carbocycles. The van der Waals surface area contributed by atoms with E-state index in [4.69, 9.17) is 18.9 Å². The Bertz CT molecular complexity index is 380. The molecule has 2 aliphatic rings. The molecule has 5 atom stereocenters. The molecular weight excluding hydrogens is 264 g/mol. The molecule has 6 nitrogen and oxygen atoms in total. The summed E-state index contributed by atoms with van der Waals surface area (Å²) in [6, 6.07) is 0. The van der Waals surface area contributed by atoms with Crippen LogP contribution in [0.15, 0.2) is 12.7 Å². The van der Waals surface area contributed by atoms with Gasteiger partial charge >= 0.3 is 5.97 Å². The highest BCUT2D eigenvalue weighted by Crippen LogP contribution is 2.43. The molecule has 6 heteroatoms. The van der Waals surface area contributed by atoms with Crippen LogP contribution in [0.1, 0.15) is 20.3 Å². The van der Waals surface area contributed by atoms with Crippen LogP contribution in [0.4, 0.5) is 0 Å². The first-order valence-corrected chi connectivity index (χ1v) is 6.68. The lowest BCUT2D eigenvalue weighted by atomic mass is 9.72. The molecule has 2 heterocycles. The zero-order chi connectivity index (χ0) is 14.9. The first-order valence-electron chi connectivity index (χ1n) is 6.68. The molecule has 1 N–H and O–H groups in total. The number of ether oxygens (including phenoxy) is 4. The fourth-order valence-electron chi connectivity index (χ4n) is 3.09. The van der Waals surface area contributed by atoms with Gasteiger partial charge in [0, 0.05) is 12.5 Å². The average molecular weight is 286 g/mol. The van der Waals surface area contributed by atoms with E-state index in [1.807, 2.05) is 13.8 Å². The number of hydrogen-bond donors (Lipinski definition) is 1. The fourth-order valence-corrected chi connectivity index (χ4v) is 3.09. The molecule has 0 spiro atoms. The summed E-state index contributed by atoms with van der Waals surface area (Å²) in [5, 5.41) is 9.26. The van der Waals surface area contributed by atoms with Crippen molar-refractivity contribution >= 4 is 5.97 Å². The molecule has 0 bridgehead atoms. The highest BCUT2D eigenvalue weighted by Gasteiger charge is 2.56. The molecule has 0 radical (unpaired) electrons. The smallest absolute Gasteiger partial charge is 0.335 e. The van der Waals surface area contributed by atoms with Crippen LogP contribution < -0.4 is 0 Å². The van der Waals surface area contributed by atoms with Crippen molar-refractivity contribution in [3.8, 4) is 0 Å². The van der Waals surface area contributed by atoms with E-state index in [-0.39, 0.29) is 24.4 Å². The summed E-state index contributed by atoms with van der Waals surface area (Å²) in [5.74, 6) is -1.05. The molecule has 2 saturated heterocycles. The van der Waals surface area contributed by atoms with Crippen LogP contribution in [0.5, 0.6) is 0 Å².